The first-order chi connectivity index (χ1) is 9.20. The number of hydrogen-bond acceptors (Lipinski definition) is 2. The summed E-state index contributed by atoms with van der Waals surface area (Å²) in [5.41, 5.74) is 7.59. The molecule has 4 heteroatoms. The summed E-state index contributed by atoms with van der Waals surface area (Å²) in [7, 11) is 1.86. The molecule has 4 nitrogen and oxygen atoms in total. The van der Waals surface area contributed by atoms with E-state index in [-0.39, 0.29) is 11.9 Å². The number of nitrogens with two attached hydrogens (primary N) is 1. The average Bonchev–Trinajstić information content (AvgIpc) is 3.15. The maximum absolute atomic E-state index is 12.5. The molecule has 1 aromatic carbocycles. The number of rotatable bonds is 4. The van der Waals surface area contributed by atoms with Crippen molar-refractivity contribution in [2.75, 3.05) is 13.6 Å². The molecule has 3 rings (SSSR count). The number of aromatic amines is 1. The lowest BCUT2D eigenvalue weighted by Gasteiger charge is -2.27. The molecule has 19 heavy (non-hydrogen) atoms. The van der Waals surface area contributed by atoms with Gasteiger partial charge in [0.15, 0.2) is 0 Å². The molecular formula is C15H19N3O. The van der Waals surface area contributed by atoms with E-state index in [4.69, 9.17) is 5.73 Å². The number of nitrogens with one attached hydrogen (secondary N) is 1. The van der Waals surface area contributed by atoms with Gasteiger partial charge in [-0.2, -0.15) is 0 Å². The molecule has 0 radical (unpaired) electrons. The molecule has 1 saturated carbocycles. The summed E-state index contributed by atoms with van der Waals surface area (Å²) in [5, 5.41) is 1.06. The molecule has 1 aromatic heterocycles. The number of amides is 1. The molecule has 1 fully saturated rings. The number of benzene rings is 1. The molecule has 0 aliphatic heterocycles. The molecule has 100 valence electrons. The fraction of sp³-hybridized carbons (Fsp3) is 0.400. The van der Waals surface area contributed by atoms with E-state index in [0.717, 1.165) is 16.5 Å². The highest BCUT2D eigenvalue weighted by atomic mass is 16.2. The predicted molar refractivity (Wildman–Crippen MR) is 76.0 cm³/mol. The number of hydrogen-bond donors (Lipinski definition) is 2. The van der Waals surface area contributed by atoms with Crippen molar-refractivity contribution in [3.8, 4) is 0 Å². The first kappa shape index (κ1) is 12.2. The zero-order valence-corrected chi connectivity index (χ0v) is 11.1. The summed E-state index contributed by atoms with van der Waals surface area (Å²) >= 11 is 0. The Morgan fingerprint density at radius 1 is 1.47 bits per heavy atom. The van der Waals surface area contributed by atoms with Gasteiger partial charge in [0.05, 0.1) is 0 Å². The number of carbonyl (C=O) groups excluding carboxylic acids is 1. The van der Waals surface area contributed by atoms with Gasteiger partial charge >= 0.3 is 0 Å². The minimum Gasteiger partial charge on any atom is -0.361 e. The molecule has 1 aliphatic carbocycles. The number of aromatic nitrogens is 1. The first-order valence-corrected chi connectivity index (χ1v) is 6.75. The van der Waals surface area contributed by atoms with Gasteiger partial charge in [-0.15, -0.1) is 0 Å². The van der Waals surface area contributed by atoms with Crippen LogP contribution in [0.4, 0.5) is 0 Å². The predicted octanol–water partition coefficient (Wildman–Crippen LogP) is 1.98. The smallest absolute Gasteiger partial charge is 0.253 e. The Hall–Kier alpha value is -1.81. The van der Waals surface area contributed by atoms with E-state index in [0.29, 0.717) is 12.5 Å². The largest absolute Gasteiger partial charge is 0.361 e. The van der Waals surface area contributed by atoms with Gasteiger partial charge in [0.2, 0.25) is 0 Å². The van der Waals surface area contributed by atoms with Crippen molar-refractivity contribution < 1.29 is 4.79 Å². The monoisotopic (exact) mass is 257 g/mol. The average molecular weight is 257 g/mol. The van der Waals surface area contributed by atoms with Crippen LogP contribution in [0.1, 0.15) is 23.2 Å². The lowest BCUT2D eigenvalue weighted by atomic mass is 10.1. The summed E-state index contributed by atoms with van der Waals surface area (Å²) in [5.74, 6) is 0.653. The van der Waals surface area contributed by atoms with Crippen molar-refractivity contribution in [1.29, 1.82) is 0 Å². The number of carbonyl (C=O) groups is 1. The molecule has 3 N–H and O–H groups in total. The fourth-order valence-electron chi connectivity index (χ4n) is 2.69. The molecule has 0 bridgehead atoms. The van der Waals surface area contributed by atoms with Gasteiger partial charge in [-0.25, -0.2) is 0 Å². The van der Waals surface area contributed by atoms with E-state index in [9.17, 15) is 4.79 Å². The van der Waals surface area contributed by atoms with Gasteiger partial charge in [0, 0.05) is 42.3 Å². The summed E-state index contributed by atoms with van der Waals surface area (Å²) < 4.78 is 0. The van der Waals surface area contributed by atoms with Crippen LogP contribution in [0.3, 0.4) is 0 Å². The van der Waals surface area contributed by atoms with Gasteiger partial charge < -0.3 is 15.6 Å². The Morgan fingerprint density at radius 3 is 2.95 bits per heavy atom. The second-order valence-corrected chi connectivity index (χ2v) is 5.34. The Bertz CT molecular complexity index is 600. The Labute approximate surface area is 112 Å². The normalized spacial score (nSPS) is 16.5. The van der Waals surface area contributed by atoms with Crippen LogP contribution in [-0.4, -0.2) is 35.4 Å². The zero-order valence-electron chi connectivity index (χ0n) is 11.1. The molecule has 1 aliphatic rings. The lowest BCUT2D eigenvalue weighted by Crippen LogP contribution is -2.43. The number of H-pyrrole nitrogens is 1. The second-order valence-electron chi connectivity index (χ2n) is 5.34. The SMILES string of the molecule is CN(C(=O)c1ccc2[nH]ccc2c1)C(CN)C1CC1. The van der Waals surface area contributed by atoms with E-state index >= 15 is 0 Å². The topological polar surface area (TPSA) is 62.1 Å². The molecule has 1 amide bonds. The molecule has 1 heterocycles. The van der Waals surface area contributed by atoms with Crippen molar-refractivity contribution in [1.82, 2.24) is 9.88 Å². The summed E-state index contributed by atoms with van der Waals surface area (Å²) in [4.78, 5) is 17.4. The Kier molecular flexibility index (Phi) is 3.03. The van der Waals surface area contributed by atoms with Gasteiger partial charge in [-0.05, 0) is 43.0 Å². The zero-order chi connectivity index (χ0) is 13.4. The fourth-order valence-corrected chi connectivity index (χ4v) is 2.69. The Balaban J connectivity index is 1.85. The van der Waals surface area contributed by atoms with Crippen LogP contribution >= 0.6 is 0 Å². The minimum atomic E-state index is 0.0606. The van der Waals surface area contributed by atoms with Crippen LogP contribution in [0.15, 0.2) is 30.5 Å². The highest BCUT2D eigenvalue weighted by Crippen LogP contribution is 2.35. The molecule has 0 saturated heterocycles. The molecule has 2 aromatic rings. The van der Waals surface area contributed by atoms with Crippen LogP contribution < -0.4 is 5.73 Å². The van der Waals surface area contributed by atoms with Crippen LogP contribution in [0, 0.1) is 5.92 Å². The lowest BCUT2D eigenvalue weighted by molar-refractivity contribution is 0.0719. The van der Waals surface area contributed by atoms with Crippen molar-refractivity contribution in [2.45, 2.75) is 18.9 Å². The van der Waals surface area contributed by atoms with E-state index in [1.165, 1.54) is 12.8 Å². The standard InChI is InChI=1S/C15H19N3O/c1-18(14(9-16)10-2-3-10)15(19)12-4-5-13-11(8-12)6-7-17-13/h4-8,10,14,17H,2-3,9,16H2,1H3. The van der Waals surface area contributed by atoms with Crippen LogP contribution in [0.25, 0.3) is 10.9 Å². The number of fused-ring (bicyclic) bond motifs is 1. The minimum absolute atomic E-state index is 0.0606. The van der Waals surface area contributed by atoms with Gasteiger partial charge in [0.25, 0.3) is 5.91 Å². The van der Waals surface area contributed by atoms with Gasteiger partial charge in [-0.1, -0.05) is 0 Å². The van der Waals surface area contributed by atoms with E-state index in [2.05, 4.69) is 4.98 Å². The second kappa shape index (κ2) is 4.70. The van der Waals surface area contributed by atoms with E-state index in [1.54, 1.807) is 0 Å². The molecule has 1 atom stereocenters. The summed E-state index contributed by atoms with van der Waals surface area (Å²) in [6.45, 7) is 0.541. The summed E-state index contributed by atoms with van der Waals surface area (Å²) in [6.07, 6.45) is 4.27. The van der Waals surface area contributed by atoms with Crippen molar-refractivity contribution >= 4 is 16.8 Å². The van der Waals surface area contributed by atoms with Crippen LogP contribution in [-0.2, 0) is 0 Å². The molecule has 0 spiro atoms. The Morgan fingerprint density at radius 2 is 2.26 bits per heavy atom. The van der Waals surface area contributed by atoms with Crippen molar-refractivity contribution in [2.24, 2.45) is 11.7 Å². The van der Waals surface area contributed by atoms with E-state index in [1.807, 2.05) is 42.4 Å². The van der Waals surface area contributed by atoms with Gasteiger partial charge in [-0.3, -0.25) is 4.79 Å². The van der Waals surface area contributed by atoms with Crippen LogP contribution in [0.5, 0.6) is 0 Å². The maximum atomic E-state index is 12.5. The maximum Gasteiger partial charge on any atom is 0.253 e. The van der Waals surface area contributed by atoms with Crippen LogP contribution in [0.2, 0.25) is 0 Å². The number of nitrogens with zero attached hydrogens (tertiary/aromatic N) is 1. The quantitative estimate of drug-likeness (QED) is 0.879. The summed E-state index contributed by atoms with van der Waals surface area (Å²) in [6, 6.07) is 7.91. The third-order valence-corrected chi connectivity index (χ3v) is 4.03. The highest BCUT2D eigenvalue weighted by Gasteiger charge is 2.35. The third kappa shape index (κ3) is 2.24. The molecular weight excluding hydrogens is 238 g/mol. The van der Waals surface area contributed by atoms with Gasteiger partial charge in [0.1, 0.15) is 0 Å². The van der Waals surface area contributed by atoms with Crippen molar-refractivity contribution in [3.63, 3.8) is 0 Å². The first-order valence-electron chi connectivity index (χ1n) is 6.75. The molecule has 1 unspecified atom stereocenters. The van der Waals surface area contributed by atoms with Crippen molar-refractivity contribution in [3.05, 3.63) is 36.0 Å². The van der Waals surface area contributed by atoms with E-state index < -0.39 is 0 Å². The third-order valence-electron chi connectivity index (χ3n) is 4.03. The highest BCUT2D eigenvalue weighted by molar-refractivity contribution is 5.98. The number of likely N-dealkylation sites (N-methyl/N-ethyl adjacent to an activating group) is 1.